The standard InChI is InChI=1S/C13H10BrFN2O4/c1-20-12(18)5-11(13(19)21-2)17-10-4-8(14)9(15)3-7(10)6-16/h3-5,17H,1-2H3/b11-5+. The van der Waals surface area contributed by atoms with Crippen LogP contribution in [0.3, 0.4) is 0 Å². The molecule has 0 heterocycles. The monoisotopic (exact) mass is 356 g/mol. The van der Waals surface area contributed by atoms with Crippen molar-refractivity contribution in [1.82, 2.24) is 0 Å². The molecule has 0 aromatic heterocycles. The normalized spacial score (nSPS) is 10.5. The van der Waals surface area contributed by atoms with Gasteiger partial charge >= 0.3 is 11.9 Å². The molecule has 0 amide bonds. The van der Waals surface area contributed by atoms with Gasteiger partial charge < -0.3 is 14.8 Å². The molecule has 6 nitrogen and oxygen atoms in total. The number of rotatable bonds is 4. The first-order valence-corrected chi connectivity index (χ1v) is 6.26. The second-order valence-electron chi connectivity index (χ2n) is 3.62. The molecule has 0 aliphatic carbocycles. The van der Waals surface area contributed by atoms with E-state index in [-0.39, 0.29) is 21.4 Å². The van der Waals surface area contributed by atoms with Gasteiger partial charge in [-0.05, 0) is 28.1 Å². The van der Waals surface area contributed by atoms with Crippen LogP contribution in [0.1, 0.15) is 5.56 Å². The van der Waals surface area contributed by atoms with E-state index in [0.29, 0.717) is 0 Å². The molecule has 0 atom stereocenters. The lowest BCUT2D eigenvalue weighted by Gasteiger charge is -2.11. The lowest BCUT2D eigenvalue weighted by atomic mass is 10.2. The number of hydrogen-bond acceptors (Lipinski definition) is 6. The van der Waals surface area contributed by atoms with Crippen LogP contribution in [-0.2, 0) is 19.1 Å². The number of carbonyl (C=O) groups excluding carboxylic acids is 2. The minimum absolute atomic E-state index is 0.0460. The fourth-order valence-electron chi connectivity index (χ4n) is 1.32. The molecule has 0 unspecified atom stereocenters. The van der Waals surface area contributed by atoms with Gasteiger partial charge in [-0.15, -0.1) is 0 Å². The van der Waals surface area contributed by atoms with Crippen LogP contribution in [0.5, 0.6) is 0 Å². The quantitative estimate of drug-likeness (QED) is 0.656. The molecule has 1 aromatic carbocycles. The lowest BCUT2D eigenvalue weighted by Crippen LogP contribution is -2.16. The maximum atomic E-state index is 13.4. The maximum absolute atomic E-state index is 13.4. The summed E-state index contributed by atoms with van der Waals surface area (Å²) in [7, 11) is 2.27. The van der Waals surface area contributed by atoms with Crippen molar-refractivity contribution in [3.8, 4) is 6.07 Å². The molecule has 21 heavy (non-hydrogen) atoms. The van der Waals surface area contributed by atoms with E-state index in [0.717, 1.165) is 26.4 Å². The first-order chi connectivity index (χ1) is 9.92. The number of nitrogens with zero attached hydrogens (tertiary/aromatic N) is 1. The fraction of sp³-hybridized carbons (Fsp3) is 0.154. The Morgan fingerprint density at radius 3 is 2.57 bits per heavy atom. The van der Waals surface area contributed by atoms with Crippen LogP contribution in [0.2, 0.25) is 0 Å². The molecule has 0 spiro atoms. The SMILES string of the molecule is COC(=O)/C=C(/Nc1cc(Br)c(F)cc1C#N)C(=O)OC. The topological polar surface area (TPSA) is 88.4 Å². The van der Waals surface area contributed by atoms with Crippen LogP contribution in [0.25, 0.3) is 0 Å². The van der Waals surface area contributed by atoms with Crippen molar-refractivity contribution in [2.45, 2.75) is 0 Å². The molecule has 0 saturated heterocycles. The van der Waals surface area contributed by atoms with Gasteiger partial charge in [-0.3, -0.25) is 0 Å². The number of halogens is 2. The molecule has 0 fully saturated rings. The Morgan fingerprint density at radius 2 is 2.05 bits per heavy atom. The van der Waals surface area contributed by atoms with E-state index in [1.54, 1.807) is 6.07 Å². The highest BCUT2D eigenvalue weighted by Gasteiger charge is 2.16. The van der Waals surface area contributed by atoms with E-state index in [1.807, 2.05) is 0 Å². The summed E-state index contributed by atoms with van der Waals surface area (Å²) in [6.07, 6.45) is 0.865. The Balaban J connectivity index is 3.24. The van der Waals surface area contributed by atoms with Gasteiger partial charge in [0.1, 0.15) is 17.6 Å². The molecule has 8 heteroatoms. The number of anilines is 1. The van der Waals surface area contributed by atoms with E-state index in [4.69, 9.17) is 5.26 Å². The van der Waals surface area contributed by atoms with Crippen molar-refractivity contribution >= 4 is 33.6 Å². The van der Waals surface area contributed by atoms with Crippen molar-refractivity contribution in [3.05, 3.63) is 39.8 Å². The highest BCUT2D eigenvalue weighted by Crippen LogP contribution is 2.25. The van der Waals surface area contributed by atoms with Gasteiger partial charge in [0.15, 0.2) is 0 Å². The summed E-state index contributed by atoms with van der Waals surface area (Å²) in [5, 5.41) is 11.5. The molecule has 1 aromatic rings. The van der Waals surface area contributed by atoms with Gasteiger partial charge in [0.05, 0.1) is 36.0 Å². The number of hydrogen-bond donors (Lipinski definition) is 1. The summed E-state index contributed by atoms with van der Waals surface area (Å²) >= 11 is 2.97. The molecule has 0 saturated carbocycles. The molecule has 0 aliphatic rings. The molecule has 1 rings (SSSR count). The van der Waals surface area contributed by atoms with Gasteiger partial charge in [0.25, 0.3) is 0 Å². The molecular weight excluding hydrogens is 347 g/mol. The van der Waals surface area contributed by atoms with Gasteiger partial charge in [0.2, 0.25) is 0 Å². The summed E-state index contributed by atoms with van der Waals surface area (Å²) in [6, 6.07) is 4.03. The van der Waals surface area contributed by atoms with Crippen molar-refractivity contribution in [2.24, 2.45) is 0 Å². The number of methoxy groups -OCH3 is 2. The molecule has 0 bridgehead atoms. The van der Waals surface area contributed by atoms with Crippen molar-refractivity contribution in [1.29, 1.82) is 5.26 Å². The predicted octanol–water partition coefficient (Wildman–Crippen LogP) is 2.10. The van der Waals surface area contributed by atoms with Crippen LogP contribution in [0, 0.1) is 17.1 Å². The number of nitriles is 1. The van der Waals surface area contributed by atoms with Crippen LogP contribution >= 0.6 is 15.9 Å². The molecular formula is C13H10BrFN2O4. The van der Waals surface area contributed by atoms with E-state index in [1.165, 1.54) is 6.07 Å². The van der Waals surface area contributed by atoms with Gasteiger partial charge in [-0.25, -0.2) is 14.0 Å². The van der Waals surface area contributed by atoms with E-state index in [2.05, 4.69) is 30.7 Å². The largest absolute Gasteiger partial charge is 0.466 e. The van der Waals surface area contributed by atoms with Crippen LogP contribution in [-0.4, -0.2) is 26.2 Å². The fourth-order valence-corrected chi connectivity index (χ4v) is 1.66. The van der Waals surface area contributed by atoms with Crippen molar-refractivity contribution in [3.63, 3.8) is 0 Å². The second kappa shape index (κ2) is 7.40. The molecule has 110 valence electrons. The smallest absolute Gasteiger partial charge is 0.354 e. The summed E-state index contributed by atoms with van der Waals surface area (Å²) in [5.41, 5.74) is -0.166. The predicted molar refractivity (Wildman–Crippen MR) is 74.6 cm³/mol. The van der Waals surface area contributed by atoms with Gasteiger partial charge in [-0.2, -0.15) is 5.26 Å². The number of ether oxygens (including phenoxy) is 2. The summed E-state index contributed by atoms with van der Waals surface area (Å²) < 4.78 is 22.4. The third-order valence-electron chi connectivity index (χ3n) is 2.32. The Hall–Kier alpha value is -2.40. The Morgan fingerprint density at radius 1 is 1.38 bits per heavy atom. The van der Waals surface area contributed by atoms with Crippen LogP contribution in [0.4, 0.5) is 10.1 Å². The Bertz CT molecular complexity index is 652. The Labute approximate surface area is 128 Å². The van der Waals surface area contributed by atoms with Crippen LogP contribution in [0.15, 0.2) is 28.4 Å². The summed E-state index contributed by atoms with van der Waals surface area (Å²) in [6.45, 7) is 0. The minimum Gasteiger partial charge on any atom is -0.466 e. The number of esters is 2. The first kappa shape index (κ1) is 16.7. The van der Waals surface area contributed by atoms with E-state index >= 15 is 0 Å². The van der Waals surface area contributed by atoms with Crippen LogP contribution < -0.4 is 5.32 Å². The number of nitrogens with one attached hydrogen (secondary N) is 1. The zero-order valence-electron chi connectivity index (χ0n) is 11.1. The minimum atomic E-state index is -0.843. The summed E-state index contributed by atoms with van der Waals surface area (Å²) in [5.74, 6) is -2.26. The lowest BCUT2D eigenvalue weighted by molar-refractivity contribution is -0.138. The number of benzene rings is 1. The molecule has 0 aliphatic heterocycles. The van der Waals surface area contributed by atoms with Gasteiger partial charge in [0, 0.05) is 0 Å². The van der Waals surface area contributed by atoms with Crippen molar-refractivity contribution in [2.75, 3.05) is 19.5 Å². The van der Waals surface area contributed by atoms with Gasteiger partial charge in [-0.1, -0.05) is 0 Å². The zero-order chi connectivity index (χ0) is 16.0. The maximum Gasteiger partial charge on any atom is 0.354 e. The number of carbonyl (C=O) groups is 2. The average molecular weight is 357 g/mol. The highest BCUT2D eigenvalue weighted by atomic mass is 79.9. The molecule has 0 radical (unpaired) electrons. The molecule has 1 N–H and O–H groups in total. The summed E-state index contributed by atoms with van der Waals surface area (Å²) in [4.78, 5) is 22.8. The van der Waals surface area contributed by atoms with E-state index in [9.17, 15) is 14.0 Å². The van der Waals surface area contributed by atoms with Crippen molar-refractivity contribution < 1.29 is 23.5 Å². The third kappa shape index (κ3) is 4.29. The zero-order valence-corrected chi connectivity index (χ0v) is 12.7. The third-order valence-corrected chi connectivity index (χ3v) is 2.93. The second-order valence-corrected chi connectivity index (χ2v) is 4.48. The average Bonchev–Trinajstić information content (AvgIpc) is 2.48. The highest BCUT2D eigenvalue weighted by molar-refractivity contribution is 9.10. The van der Waals surface area contributed by atoms with E-state index < -0.39 is 17.8 Å². The Kier molecular flexibility index (Phi) is 5.87. The first-order valence-electron chi connectivity index (χ1n) is 5.47.